The van der Waals surface area contributed by atoms with Crippen LogP contribution in [0, 0.1) is 0 Å². The van der Waals surface area contributed by atoms with Crippen LogP contribution in [-0.4, -0.2) is 0 Å². The molecule has 1 atom stereocenters. The molecule has 0 unspecified atom stereocenters. The zero-order valence-electron chi connectivity index (χ0n) is 9.38. The Morgan fingerprint density at radius 1 is 1.19 bits per heavy atom. The lowest BCUT2D eigenvalue weighted by atomic mass is 10.0. The van der Waals surface area contributed by atoms with Crippen LogP contribution in [0.25, 0.3) is 0 Å². The summed E-state index contributed by atoms with van der Waals surface area (Å²) in [6.07, 6.45) is 4.80. The molecule has 0 bridgehead atoms. The fourth-order valence-electron chi connectivity index (χ4n) is 1.52. The average Bonchev–Trinajstić information content (AvgIpc) is 2.22. The van der Waals surface area contributed by atoms with E-state index in [1.807, 2.05) is 6.07 Å². The quantitative estimate of drug-likeness (QED) is 0.706. The van der Waals surface area contributed by atoms with Crippen LogP contribution in [0.3, 0.4) is 0 Å². The van der Waals surface area contributed by atoms with Crippen LogP contribution in [0.15, 0.2) is 27.1 Å². The van der Waals surface area contributed by atoms with Gasteiger partial charge in [0, 0.05) is 15.0 Å². The third-order valence-corrected chi connectivity index (χ3v) is 4.37. The highest BCUT2D eigenvalue weighted by atomic mass is 79.9. The van der Waals surface area contributed by atoms with Crippen molar-refractivity contribution in [2.75, 3.05) is 0 Å². The van der Waals surface area contributed by atoms with Gasteiger partial charge in [-0.15, -0.1) is 12.4 Å². The molecule has 16 heavy (non-hydrogen) atoms. The number of hydrogen-bond donors (Lipinski definition) is 1. The minimum atomic E-state index is 0. The first-order valence-corrected chi connectivity index (χ1v) is 6.94. The highest BCUT2D eigenvalue weighted by Crippen LogP contribution is 2.27. The van der Waals surface area contributed by atoms with Crippen LogP contribution < -0.4 is 5.73 Å². The number of rotatable bonds is 5. The van der Waals surface area contributed by atoms with E-state index in [1.54, 1.807) is 0 Å². The van der Waals surface area contributed by atoms with E-state index in [1.165, 1.54) is 24.8 Å². The van der Waals surface area contributed by atoms with E-state index in [0.29, 0.717) is 0 Å². The molecule has 0 saturated heterocycles. The van der Waals surface area contributed by atoms with E-state index in [-0.39, 0.29) is 18.4 Å². The van der Waals surface area contributed by atoms with Gasteiger partial charge in [0.05, 0.1) is 0 Å². The normalized spacial score (nSPS) is 12.0. The van der Waals surface area contributed by atoms with Crippen molar-refractivity contribution < 1.29 is 0 Å². The van der Waals surface area contributed by atoms with Crippen LogP contribution in [0.4, 0.5) is 0 Å². The third-order valence-electron chi connectivity index (χ3n) is 2.49. The van der Waals surface area contributed by atoms with Gasteiger partial charge >= 0.3 is 0 Å². The Kier molecular flexibility index (Phi) is 8.74. The molecule has 0 heterocycles. The standard InChI is InChI=1S/C12H17Br2N.ClH/c1-2-3-4-5-12(15)9-6-7-10(13)11(14)8-9;/h6-8,12H,2-5,15H2,1H3;1H/t12-;/m0./s1. The van der Waals surface area contributed by atoms with Crippen molar-refractivity contribution in [1.82, 2.24) is 0 Å². The van der Waals surface area contributed by atoms with E-state index >= 15 is 0 Å². The minimum Gasteiger partial charge on any atom is -0.324 e. The van der Waals surface area contributed by atoms with Gasteiger partial charge in [0.2, 0.25) is 0 Å². The lowest BCUT2D eigenvalue weighted by Crippen LogP contribution is -2.09. The predicted molar refractivity (Wildman–Crippen MR) is 80.2 cm³/mol. The van der Waals surface area contributed by atoms with Gasteiger partial charge in [0.15, 0.2) is 0 Å². The van der Waals surface area contributed by atoms with Crippen LogP contribution in [-0.2, 0) is 0 Å². The predicted octanol–water partition coefficient (Wildman–Crippen LogP) is 5.21. The van der Waals surface area contributed by atoms with Crippen molar-refractivity contribution in [3.63, 3.8) is 0 Å². The van der Waals surface area contributed by atoms with Crippen LogP contribution in [0.5, 0.6) is 0 Å². The van der Waals surface area contributed by atoms with Crippen LogP contribution >= 0.6 is 44.3 Å². The maximum Gasteiger partial charge on any atom is 0.0320 e. The number of benzene rings is 1. The molecule has 2 N–H and O–H groups in total. The Balaban J connectivity index is 0.00000225. The summed E-state index contributed by atoms with van der Waals surface area (Å²) in [5.74, 6) is 0. The van der Waals surface area contributed by atoms with Crippen molar-refractivity contribution in [1.29, 1.82) is 0 Å². The van der Waals surface area contributed by atoms with Gasteiger partial charge in [0.25, 0.3) is 0 Å². The van der Waals surface area contributed by atoms with E-state index in [4.69, 9.17) is 5.73 Å². The van der Waals surface area contributed by atoms with Gasteiger partial charge in [-0.25, -0.2) is 0 Å². The summed E-state index contributed by atoms with van der Waals surface area (Å²) >= 11 is 6.95. The first-order valence-electron chi connectivity index (χ1n) is 5.35. The van der Waals surface area contributed by atoms with Crippen molar-refractivity contribution in [3.05, 3.63) is 32.7 Å². The summed E-state index contributed by atoms with van der Waals surface area (Å²) in [5.41, 5.74) is 7.33. The molecule has 0 saturated carbocycles. The Morgan fingerprint density at radius 2 is 1.88 bits per heavy atom. The molecule has 4 heteroatoms. The van der Waals surface area contributed by atoms with Crippen LogP contribution in [0.1, 0.15) is 44.2 Å². The maximum atomic E-state index is 6.12. The molecule has 1 nitrogen and oxygen atoms in total. The molecule has 0 fully saturated rings. The summed E-state index contributed by atoms with van der Waals surface area (Å²) in [5, 5.41) is 0. The van der Waals surface area contributed by atoms with E-state index < -0.39 is 0 Å². The largest absolute Gasteiger partial charge is 0.324 e. The zero-order valence-corrected chi connectivity index (χ0v) is 13.4. The Hall–Kier alpha value is 0.430. The number of hydrogen-bond acceptors (Lipinski definition) is 1. The molecule has 1 aromatic carbocycles. The maximum absolute atomic E-state index is 6.12. The van der Waals surface area contributed by atoms with Gasteiger partial charge in [-0.2, -0.15) is 0 Å². The zero-order chi connectivity index (χ0) is 11.3. The second kappa shape index (κ2) is 8.51. The summed E-state index contributed by atoms with van der Waals surface area (Å²) in [6.45, 7) is 2.21. The highest BCUT2D eigenvalue weighted by molar-refractivity contribution is 9.13. The van der Waals surface area contributed by atoms with Crippen LogP contribution in [0.2, 0.25) is 0 Å². The third kappa shape index (κ3) is 5.17. The smallest absolute Gasteiger partial charge is 0.0320 e. The number of unbranched alkanes of at least 4 members (excludes halogenated alkanes) is 2. The molecule has 1 rings (SSSR count). The molecule has 0 spiro atoms. The number of nitrogens with two attached hydrogens (primary N) is 1. The van der Waals surface area contributed by atoms with Gasteiger partial charge in [-0.1, -0.05) is 32.3 Å². The monoisotopic (exact) mass is 369 g/mol. The summed E-state index contributed by atoms with van der Waals surface area (Å²) in [4.78, 5) is 0. The lowest BCUT2D eigenvalue weighted by Gasteiger charge is -2.12. The summed E-state index contributed by atoms with van der Waals surface area (Å²) in [6, 6.07) is 6.39. The van der Waals surface area contributed by atoms with Crippen molar-refractivity contribution in [3.8, 4) is 0 Å². The fourth-order valence-corrected chi connectivity index (χ4v) is 2.17. The van der Waals surface area contributed by atoms with Gasteiger partial charge in [-0.3, -0.25) is 0 Å². The first-order chi connectivity index (χ1) is 7.15. The molecule has 92 valence electrons. The molecule has 0 radical (unpaired) electrons. The molecule has 0 aliphatic carbocycles. The van der Waals surface area contributed by atoms with Gasteiger partial charge in [0.1, 0.15) is 0 Å². The Bertz CT molecular complexity index is 318. The molecule has 1 aromatic rings. The van der Waals surface area contributed by atoms with E-state index in [0.717, 1.165) is 15.4 Å². The fraction of sp³-hybridized carbons (Fsp3) is 0.500. The van der Waals surface area contributed by atoms with Gasteiger partial charge < -0.3 is 5.73 Å². The van der Waals surface area contributed by atoms with Crippen molar-refractivity contribution in [2.24, 2.45) is 5.73 Å². The molecule has 0 amide bonds. The first kappa shape index (κ1) is 16.4. The molecular formula is C12H18Br2ClN. The van der Waals surface area contributed by atoms with Crippen molar-refractivity contribution >= 4 is 44.3 Å². The van der Waals surface area contributed by atoms with E-state index in [9.17, 15) is 0 Å². The second-order valence-corrected chi connectivity index (χ2v) is 5.48. The molecule has 0 aliphatic heterocycles. The molecular weight excluding hydrogens is 353 g/mol. The van der Waals surface area contributed by atoms with Gasteiger partial charge in [-0.05, 0) is 56.0 Å². The summed E-state index contributed by atoms with van der Waals surface area (Å²) < 4.78 is 2.15. The molecule has 0 aromatic heterocycles. The minimum absolute atomic E-state index is 0. The second-order valence-electron chi connectivity index (χ2n) is 3.78. The lowest BCUT2D eigenvalue weighted by molar-refractivity contribution is 0.581. The Labute approximate surface area is 121 Å². The SMILES string of the molecule is CCCCC[C@H](N)c1ccc(Br)c(Br)c1.Cl. The molecule has 0 aliphatic rings. The Morgan fingerprint density at radius 3 is 2.44 bits per heavy atom. The van der Waals surface area contributed by atoms with Crippen molar-refractivity contribution in [2.45, 2.75) is 38.6 Å². The van der Waals surface area contributed by atoms with E-state index in [2.05, 4.69) is 50.9 Å². The topological polar surface area (TPSA) is 26.0 Å². The average molecular weight is 372 g/mol. The number of halogens is 3. The highest BCUT2D eigenvalue weighted by Gasteiger charge is 2.07. The summed E-state index contributed by atoms with van der Waals surface area (Å²) in [7, 11) is 0.